The van der Waals surface area contributed by atoms with Crippen LogP contribution in [-0.4, -0.2) is 33.9 Å². The van der Waals surface area contributed by atoms with Gasteiger partial charge in [-0.3, -0.25) is 20.2 Å². The van der Waals surface area contributed by atoms with Gasteiger partial charge in [0.2, 0.25) is 5.91 Å². The summed E-state index contributed by atoms with van der Waals surface area (Å²) in [5, 5.41) is 13.6. The summed E-state index contributed by atoms with van der Waals surface area (Å²) >= 11 is 5.11. The summed E-state index contributed by atoms with van der Waals surface area (Å²) in [4.78, 5) is 23.8. The Labute approximate surface area is 128 Å². The second-order valence-corrected chi connectivity index (χ2v) is 4.54. The van der Waals surface area contributed by atoms with Crippen molar-refractivity contribution < 1.29 is 9.72 Å². The Morgan fingerprint density at radius 1 is 1.43 bits per heavy atom. The summed E-state index contributed by atoms with van der Waals surface area (Å²) in [6.07, 6.45) is 2.81. The van der Waals surface area contributed by atoms with E-state index in [1.54, 1.807) is 12.1 Å². The fourth-order valence-corrected chi connectivity index (χ4v) is 2.01. The molecule has 0 fully saturated rings. The predicted octanol–water partition coefficient (Wildman–Crippen LogP) is 2.35. The topological polar surface area (TPSA) is 75.5 Å². The average Bonchev–Trinajstić information content (AvgIpc) is 2.46. The Morgan fingerprint density at radius 3 is 2.67 bits per heavy atom. The molecule has 7 heteroatoms. The Morgan fingerprint density at radius 2 is 2.10 bits per heavy atom. The minimum Gasteiger partial charge on any atom is -0.350 e. The fourth-order valence-electron chi connectivity index (χ4n) is 1.65. The Kier molecular flexibility index (Phi) is 6.48. The van der Waals surface area contributed by atoms with Gasteiger partial charge in [-0.15, -0.1) is 0 Å². The molecule has 112 valence electrons. The van der Waals surface area contributed by atoms with Crippen LogP contribution < -0.4 is 5.32 Å². The van der Waals surface area contributed by atoms with Gasteiger partial charge < -0.3 is 4.90 Å². The third kappa shape index (κ3) is 5.31. The highest BCUT2D eigenvalue weighted by molar-refractivity contribution is 7.80. The van der Waals surface area contributed by atoms with Crippen LogP contribution in [-0.2, 0) is 4.79 Å². The van der Waals surface area contributed by atoms with E-state index in [4.69, 9.17) is 12.2 Å². The van der Waals surface area contributed by atoms with Gasteiger partial charge in [0.05, 0.1) is 4.92 Å². The zero-order valence-electron chi connectivity index (χ0n) is 11.9. The zero-order chi connectivity index (χ0) is 15.8. The largest absolute Gasteiger partial charge is 0.350 e. The number of hydrogen-bond donors (Lipinski definition) is 1. The molecule has 0 radical (unpaired) electrons. The molecule has 0 aliphatic rings. The van der Waals surface area contributed by atoms with Gasteiger partial charge in [-0.25, -0.2) is 0 Å². The maximum absolute atomic E-state index is 11.7. The lowest BCUT2D eigenvalue weighted by atomic mass is 10.2. The molecule has 1 N–H and O–H groups in total. The number of non-ortho nitro benzene ring substituents is 1. The molecule has 0 bridgehead atoms. The van der Waals surface area contributed by atoms with E-state index in [2.05, 4.69) is 5.32 Å². The maximum Gasteiger partial charge on any atom is 0.270 e. The lowest BCUT2D eigenvalue weighted by Crippen LogP contribution is -2.41. The van der Waals surface area contributed by atoms with Gasteiger partial charge in [0.15, 0.2) is 5.11 Å². The predicted molar refractivity (Wildman–Crippen MR) is 85.8 cm³/mol. The molecule has 1 aromatic carbocycles. The molecule has 1 rings (SSSR count). The van der Waals surface area contributed by atoms with Gasteiger partial charge in [0.25, 0.3) is 5.69 Å². The first-order valence-corrected chi connectivity index (χ1v) is 6.91. The van der Waals surface area contributed by atoms with Crippen LogP contribution in [0.1, 0.15) is 19.4 Å². The molecular weight excluding hydrogens is 290 g/mol. The van der Waals surface area contributed by atoms with Crippen molar-refractivity contribution in [3.63, 3.8) is 0 Å². The van der Waals surface area contributed by atoms with Crippen molar-refractivity contribution in [3.05, 3.63) is 46.0 Å². The van der Waals surface area contributed by atoms with Crippen molar-refractivity contribution in [3.8, 4) is 0 Å². The molecule has 0 saturated carbocycles. The minimum absolute atomic E-state index is 0.0174. The van der Waals surface area contributed by atoms with Crippen molar-refractivity contribution in [1.29, 1.82) is 0 Å². The summed E-state index contributed by atoms with van der Waals surface area (Å²) in [6.45, 7) is 5.32. The van der Waals surface area contributed by atoms with Crippen LogP contribution in [0, 0.1) is 10.1 Å². The van der Waals surface area contributed by atoms with E-state index < -0.39 is 4.92 Å². The van der Waals surface area contributed by atoms with E-state index in [9.17, 15) is 14.9 Å². The minimum atomic E-state index is -0.479. The van der Waals surface area contributed by atoms with Crippen molar-refractivity contribution in [2.45, 2.75) is 13.8 Å². The highest BCUT2D eigenvalue weighted by Crippen LogP contribution is 2.13. The van der Waals surface area contributed by atoms with Crippen LogP contribution in [0.25, 0.3) is 6.08 Å². The number of nitro groups is 1. The van der Waals surface area contributed by atoms with E-state index in [0.717, 1.165) is 0 Å². The van der Waals surface area contributed by atoms with Gasteiger partial charge in [0, 0.05) is 31.3 Å². The first-order chi connectivity index (χ1) is 9.97. The number of nitrogens with zero attached hydrogens (tertiary/aromatic N) is 2. The van der Waals surface area contributed by atoms with Crippen LogP contribution in [0.3, 0.4) is 0 Å². The number of thiocarbonyl (C=S) groups is 1. The molecule has 0 spiro atoms. The lowest BCUT2D eigenvalue weighted by molar-refractivity contribution is -0.384. The van der Waals surface area contributed by atoms with Gasteiger partial charge in [-0.1, -0.05) is 12.1 Å². The molecule has 0 unspecified atom stereocenters. The van der Waals surface area contributed by atoms with Crippen LogP contribution in [0.4, 0.5) is 5.69 Å². The SMILES string of the molecule is CCN(CC)C(=S)NC(=O)/C=C/c1cccc([N+](=O)[O-])c1. The molecule has 0 aliphatic carbocycles. The van der Waals surface area contributed by atoms with Crippen molar-refractivity contribution in [2.24, 2.45) is 0 Å². The summed E-state index contributed by atoms with van der Waals surface area (Å²) < 4.78 is 0. The van der Waals surface area contributed by atoms with Crippen LogP contribution in [0.2, 0.25) is 0 Å². The lowest BCUT2D eigenvalue weighted by Gasteiger charge is -2.21. The molecule has 0 saturated heterocycles. The number of amides is 1. The second-order valence-electron chi connectivity index (χ2n) is 4.15. The molecular formula is C14H17N3O3S. The second kappa shape index (κ2) is 8.11. The Balaban J connectivity index is 2.68. The molecule has 0 aromatic heterocycles. The van der Waals surface area contributed by atoms with E-state index in [1.165, 1.54) is 24.3 Å². The number of nitrogens with one attached hydrogen (secondary N) is 1. The summed E-state index contributed by atoms with van der Waals surface area (Å²) in [7, 11) is 0. The fraction of sp³-hybridized carbons (Fsp3) is 0.286. The average molecular weight is 307 g/mol. The number of hydrogen-bond acceptors (Lipinski definition) is 4. The Hall–Kier alpha value is -2.28. The van der Waals surface area contributed by atoms with E-state index >= 15 is 0 Å². The number of nitro benzene ring substituents is 1. The highest BCUT2D eigenvalue weighted by Gasteiger charge is 2.07. The van der Waals surface area contributed by atoms with Gasteiger partial charge >= 0.3 is 0 Å². The molecule has 1 aromatic rings. The molecule has 0 aliphatic heterocycles. The van der Waals surface area contributed by atoms with Crippen molar-refractivity contribution in [2.75, 3.05) is 13.1 Å². The first-order valence-electron chi connectivity index (χ1n) is 6.50. The molecule has 6 nitrogen and oxygen atoms in total. The number of carbonyl (C=O) groups is 1. The van der Waals surface area contributed by atoms with E-state index in [0.29, 0.717) is 23.8 Å². The highest BCUT2D eigenvalue weighted by atomic mass is 32.1. The molecule has 0 heterocycles. The maximum atomic E-state index is 11.7. The van der Waals surface area contributed by atoms with E-state index in [1.807, 2.05) is 18.7 Å². The normalized spacial score (nSPS) is 10.4. The van der Waals surface area contributed by atoms with E-state index in [-0.39, 0.29) is 11.6 Å². The number of rotatable bonds is 5. The first kappa shape index (κ1) is 16.8. The third-order valence-corrected chi connectivity index (χ3v) is 3.15. The monoisotopic (exact) mass is 307 g/mol. The van der Waals surface area contributed by atoms with Crippen LogP contribution >= 0.6 is 12.2 Å². The van der Waals surface area contributed by atoms with Crippen molar-refractivity contribution in [1.82, 2.24) is 10.2 Å². The zero-order valence-corrected chi connectivity index (χ0v) is 12.7. The quantitative estimate of drug-likeness (QED) is 0.391. The summed E-state index contributed by atoms with van der Waals surface area (Å²) in [5.41, 5.74) is 0.560. The molecule has 1 amide bonds. The van der Waals surface area contributed by atoms with Crippen molar-refractivity contribution >= 4 is 35.0 Å². The number of carbonyl (C=O) groups excluding carboxylic acids is 1. The van der Waals surface area contributed by atoms with Gasteiger partial charge in [-0.2, -0.15) is 0 Å². The number of benzene rings is 1. The van der Waals surface area contributed by atoms with Gasteiger partial charge in [-0.05, 0) is 37.7 Å². The Bertz CT molecular complexity index is 568. The standard InChI is InChI=1S/C14H17N3O3S/c1-3-16(4-2)14(21)15-13(18)9-8-11-6-5-7-12(10-11)17(19)20/h5-10H,3-4H2,1-2H3,(H,15,18,21)/b9-8+. The molecule has 21 heavy (non-hydrogen) atoms. The third-order valence-electron chi connectivity index (χ3n) is 2.79. The summed E-state index contributed by atoms with van der Waals surface area (Å²) in [5.74, 6) is -0.363. The summed E-state index contributed by atoms with van der Waals surface area (Å²) in [6, 6.07) is 6.04. The van der Waals surface area contributed by atoms with Gasteiger partial charge in [0.1, 0.15) is 0 Å². The molecule has 0 atom stereocenters. The van der Waals surface area contributed by atoms with Crippen LogP contribution in [0.5, 0.6) is 0 Å². The van der Waals surface area contributed by atoms with Crippen LogP contribution in [0.15, 0.2) is 30.3 Å². The smallest absolute Gasteiger partial charge is 0.270 e.